The van der Waals surface area contributed by atoms with Crippen LogP contribution in [-0.2, 0) is 0 Å². The van der Waals surface area contributed by atoms with E-state index < -0.39 is 0 Å². The number of nitrogens with one attached hydrogen (secondary N) is 2. The Morgan fingerprint density at radius 3 is 2.72 bits per heavy atom. The lowest BCUT2D eigenvalue weighted by Gasteiger charge is -2.14. The first kappa shape index (κ1) is 14.5. The topological polar surface area (TPSA) is 79.4 Å². The molecule has 1 aliphatic rings. The summed E-state index contributed by atoms with van der Waals surface area (Å²) in [6.07, 6.45) is 4.81. The van der Waals surface area contributed by atoms with Gasteiger partial charge in [0.2, 0.25) is 0 Å². The van der Waals surface area contributed by atoms with Crippen LogP contribution in [0.3, 0.4) is 0 Å². The van der Waals surface area contributed by atoms with E-state index in [1.165, 1.54) is 12.8 Å². The van der Waals surface area contributed by atoms with Gasteiger partial charge in [0.25, 0.3) is 0 Å². The summed E-state index contributed by atoms with van der Waals surface area (Å²) in [4.78, 5) is 22.0. The summed E-state index contributed by atoms with van der Waals surface area (Å²) in [5.41, 5.74) is 6.37. The van der Waals surface area contributed by atoms with Gasteiger partial charge in [0.1, 0.15) is 11.0 Å². The Kier molecular flexibility index (Phi) is 3.07. The highest BCUT2D eigenvalue weighted by atomic mass is 16.1. The molecular weight excluding hydrogens is 314 g/mol. The number of pyridine rings is 1. The maximum Gasteiger partial charge on any atom is 0.323 e. The fourth-order valence-corrected chi connectivity index (χ4v) is 3.94. The number of fused-ring (bicyclic) bond motifs is 2. The van der Waals surface area contributed by atoms with Crippen LogP contribution in [0.15, 0.2) is 35.1 Å². The molecule has 126 valence electrons. The molecule has 1 fully saturated rings. The first-order chi connectivity index (χ1) is 12.2. The second-order valence-electron chi connectivity index (χ2n) is 6.89. The molecule has 2 N–H and O–H groups in total. The zero-order valence-corrected chi connectivity index (χ0v) is 14.0. The first-order valence-corrected chi connectivity index (χ1v) is 8.77. The molecule has 6 heteroatoms. The lowest BCUT2D eigenvalue weighted by molar-refractivity contribution is 0.475. The van der Waals surface area contributed by atoms with Crippen LogP contribution in [0.1, 0.15) is 37.4 Å². The molecule has 1 saturated carbocycles. The molecule has 0 atom stereocenters. The zero-order chi connectivity index (χ0) is 17.0. The van der Waals surface area contributed by atoms with Crippen molar-refractivity contribution in [1.29, 1.82) is 0 Å². The van der Waals surface area contributed by atoms with Gasteiger partial charge in [-0.15, -0.1) is 0 Å². The number of rotatable bonds is 2. The van der Waals surface area contributed by atoms with Crippen molar-refractivity contribution in [3.05, 3.63) is 46.5 Å². The Balaban J connectivity index is 1.80. The molecule has 0 amide bonds. The van der Waals surface area contributed by atoms with Gasteiger partial charge in [0.15, 0.2) is 0 Å². The second-order valence-corrected chi connectivity index (χ2v) is 6.89. The molecule has 4 aromatic rings. The molecule has 0 saturated heterocycles. The molecule has 3 heterocycles. The summed E-state index contributed by atoms with van der Waals surface area (Å²) in [6.45, 7) is 2.00. The Bertz CT molecular complexity index is 1140. The van der Waals surface area contributed by atoms with Gasteiger partial charge in [-0.05, 0) is 44.0 Å². The molecule has 0 unspecified atom stereocenters. The predicted molar refractivity (Wildman–Crippen MR) is 97.7 cm³/mol. The van der Waals surface area contributed by atoms with E-state index in [4.69, 9.17) is 10.1 Å². The number of imidazole rings is 1. The lowest BCUT2D eigenvalue weighted by atomic mass is 10.1. The number of nitrogens with zero attached hydrogens (tertiary/aromatic N) is 3. The quantitative estimate of drug-likeness (QED) is 0.587. The van der Waals surface area contributed by atoms with Gasteiger partial charge in [-0.3, -0.25) is 4.68 Å². The minimum atomic E-state index is -0.185. The standard InChI is InChI=1S/C19H19N5O/c1-11-6-8-15-17(20-11)18(24(23-15)13-4-2-3-5-13)12-7-9-14-16(10-12)22-19(25)21-14/h6-10,13H,2-5H2,1H3,(H2,21,22,25). The summed E-state index contributed by atoms with van der Waals surface area (Å²) in [7, 11) is 0. The van der Waals surface area contributed by atoms with Gasteiger partial charge in [-0.25, -0.2) is 9.78 Å². The van der Waals surface area contributed by atoms with Crippen LogP contribution in [0.5, 0.6) is 0 Å². The highest BCUT2D eigenvalue weighted by Crippen LogP contribution is 2.37. The van der Waals surface area contributed by atoms with E-state index in [2.05, 4.69) is 14.6 Å². The summed E-state index contributed by atoms with van der Waals surface area (Å²) < 4.78 is 2.16. The molecule has 1 aromatic carbocycles. The summed E-state index contributed by atoms with van der Waals surface area (Å²) in [5, 5.41) is 4.87. The molecular formula is C19H19N5O. The van der Waals surface area contributed by atoms with Crippen molar-refractivity contribution >= 4 is 22.1 Å². The molecule has 5 rings (SSSR count). The number of hydrogen-bond acceptors (Lipinski definition) is 3. The van der Waals surface area contributed by atoms with E-state index in [1.807, 2.05) is 37.3 Å². The highest BCUT2D eigenvalue weighted by Gasteiger charge is 2.24. The van der Waals surface area contributed by atoms with Crippen LogP contribution in [0.4, 0.5) is 0 Å². The summed E-state index contributed by atoms with van der Waals surface area (Å²) >= 11 is 0. The van der Waals surface area contributed by atoms with Crippen molar-refractivity contribution in [2.75, 3.05) is 0 Å². The van der Waals surface area contributed by atoms with Crippen LogP contribution in [0.2, 0.25) is 0 Å². The average Bonchev–Trinajstić information content (AvgIpc) is 3.30. The largest absolute Gasteiger partial charge is 0.323 e. The third-order valence-electron chi connectivity index (χ3n) is 5.14. The number of benzene rings is 1. The lowest BCUT2D eigenvalue weighted by Crippen LogP contribution is -2.08. The van der Waals surface area contributed by atoms with Crippen LogP contribution < -0.4 is 5.69 Å². The number of aromatic nitrogens is 5. The van der Waals surface area contributed by atoms with Crippen LogP contribution in [0, 0.1) is 6.92 Å². The van der Waals surface area contributed by atoms with Gasteiger partial charge < -0.3 is 9.97 Å². The maximum atomic E-state index is 11.6. The molecule has 3 aromatic heterocycles. The zero-order valence-electron chi connectivity index (χ0n) is 14.0. The van der Waals surface area contributed by atoms with Gasteiger partial charge in [-0.2, -0.15) is 5.10 Å². The fourth-order valence-electron chi connectivity index (χ4n) is 3.94. The van der Waals surface area contributed by atoms with Gasteiger partial charge in [-0.1, -0.05) is 18.9 Å². The molecule has 25 heavy (non-hydrogen) atoms. The first-order valence-electron chi connectivity index (χ1n) is 8.77. The van der Waals surface area contributed by atoms with Crippen LogP contribution >= 0.6 is 0 Å². The normalized spacial score (nSPS) is 15.6. The second kappa shape index (κ2) is 5.31. The van der Waals surface area contributed by atoms with Crippen molar-refractivity contribution in [2.24, 2.45) is 0 Å². The number of aromatic amines is 2. The summed E-state index contributed by atoms with van der Waals surface area (Å²) in [5.74, 6) is 0. The average molecular weight is 333 g/mol. The van der Waals surface area contributed by atoms with Gasteiger partial charge in [0.05, 0.1) is 22.8 Å². The molecule has 0 spiro atoms. The number of H-pyrrole nitrogens is 2. The minimum Gasteiger partial charge on any atom is -0.306 e. The van der Waals surface area contributed by atoms with Crippen LogP contribution in [-0.4, -0.2) is 24.7 Å². The monoisotopic (exact) mass is 333 g/mol. The van der Waals surface area contributed by atoms with Crippen molar-refractivity contribution in [2.45, 2.75) is 38.6 Å². The van der Waals surface area contributed by atoms with E-state index in [-0.39, 0.29) is 5.69 Å². The van der Waals surface area contributed by atoms with Crippen molar-refractivity contribution in [1.82, 2.24) is 24.7 Å². The minimum absolute atomic E-state index is 0.185. The Hall–Kier alpha value is -2.89. The van der Waals surface area contributed by atoms with Gasteiger partial charge >= 0.3 is 5.69 Å². The third kappa shape index (κ3) is 2.28. The molecule has 1 aliphatic carbocycles. The van der Waals surface area contributed by atoms with Crippen molar-refractivity contribution in [3.63, 3.8) is 0 Å². The number of aryl methyl sites for hydroxylation is 1. The predicted octanol–water partition coefficient (Wildman–Crippen LogP) is 3.69. The Labute approximate surface area is 143 Å². The Morgan fingerprint density at radius 2 is 1.88 bits per heavy atom. The van der Waals surface area contributed by atoms with Gasteiger partial charge in [0, 0.05) is 11.3 Å². The number of hydrogen-bond donors (Lipinski definition) is 2. The van der Waals surface area contributed by atoms with E-state index in [0.717, 1.165) is 51.9 Å². The van der Waals surface area contributed by atoms with E-state index in [9.17, 15) is 4.79 Å². The summed E-state index contributed by atoms with van der Waals surface area (Å²) in [6, 6.07) is 10.5. The highest BCUT2D eigenvalue weighted by molar-refractivity contribution is 5.92. The van der Waals surface area contributed by atoms with E-state index in [1.54, 1.807) is 0 Å². The van der Waals surface area contributed by atoms with Crippen molar-refractivity contribution < 1.29 is 0 Å². The molecule has 6 nitrogen and oxygen atoms in total. The van der Waals surface area contributed by atoms with Crippen molar-refractivity contribution in [3.8, 4) is 11.3 Å². The fraction of sp³-hybridized carbons (Fsp3) is 0.316. The third-order valence-corrected chi connectivity index (χ3v) is 5.14. The van der Waals surface area contributed by atoms with E-state index >= 15 is 0 Å². The SMILES string of the molecule is Cc1ccc2nn(C3CCCC3)c(-c3ccc4[nH]c(=O)[nH]c4c3)c2n1. The Morgan fingerprint density at radius 1 is 1.08 bits per heavy atom. The smallest absolute Gasteiger partial charge is 0.306 e. The molecule has 0 radical (unpaired) electrons. The van der Waals surface area contributed by atoms with Crippen LogP contribution in [0.25, 0.3) is 33.3 Å². The molecule has 0 aliphatic heterocycles. The molecule has 0 bridgehead atoms. The van der Waals surface area contributed by atoms with E-state index in [0.29, 0.717) is 6.04 Å². The maximum absolute atomic E-state index is 11.6.